The van der Waals surface area contributed by atoms with E-state index in [1.807, 2.05) is 48.9 Å². The Morgan fingerprint density at radius 1 is 1.07 bits per heavy atom. The predicted molar refractivity (Wildman–Crippen MR) is 123 cm³/mol. The van der Waals surface area contributed by atoms with Crippen molar-refractivity contribution in [3.63, 3.8) is 0 Å². The van der Waals surface area contributed by atoms with E-state index >= 15 is 0 Å². The lowest BCUT2D eigenvalue weighted by molar-refractivity contribution is 0.211. The maximum absolute atomic E-state index is 6.13. The SMILES string of the molecule is Cc1cc(C)cc(OC(C)c2nnc(SCc3csc(-c4ccccc4)n3)n2C)c1. The predicted octanol–water partition coefficient (Wildman–Crippen LogP) is 5.99. The lowest BCUT2D eigenvalue weighted by Gasteiger charge is -2.15. The second-order valence-electron chi connectivity index (χ2n) is 7.28. The Bertz CT molecular complexity index is 1120. The fraction of sp³-hybridized carbons (Fsp3) is 0.261. The highest BCUT2D eigenvalue weighted by Gasteiger charge is 2.18. The van der Waals surface area contributed by atoms with Gasteiger partial charge in [-0.2, -0.15) is 0 Å². The van der Waals surface area contributed by atoms with Crippen LogP contribution in [-0.4, -0.2) is 19.7 Å². The van der Waals surface area contributed by atoms with Gasteiger partial charge in [-0.15, -0.1) is 21.5 Å². The fourth-order valence-corrected chi connectivity index (χ4v) is 5.03. The molecule has 0 radical (unpaired) electrons. The summed E-state index contributed by atoms with van der Waals surface area (Å²) in [6.07, 6.45) is -0.193. The van der Waals surface area contributed by atoms with Crippen molar-refractivity contribution in [2.45, 2.75) is 37.8 Å². The summed E-state index contributed by atoms with van der Waals surface area (Å²) in [7, 11) is 1.98. The van der Waals surface area contributed by atoms with Crippen molar-refractivity contribution < 1.29 is 4.74 Å². The van der Waals surface area contributed by atoms with Gasteiger partial charge in [0.05, 0.1) is 5.69 Å². The summed E-state index contributed by atoms with van der Waals surface area (Å²) in [5.41, 5.74) is 4.57. The van der Waals surface area contributed by atoms with Crippen molar-refractivity contribution in [2.24, 2.45) is 7.05 Å². The molecule has 0 saturated heterocycles. The summed E-state index contributed by atoms with van der Waals surface area (Å²) in [5, 5.41) is 12.7. The number of thiazole rings is 1. The van der Waals surface area contributed by atoms with Crippen molar-refractivity contribution in [3.8, 4) is 16.3 Å². The Hall–Kier alpha value is -2.64. The van der Waals surface area contributed by atoms with Crippen molar-refractivity contribution in [2.75, 3.05) is 0 Å². The molecule has 7 heteroatoms. The molecular formula is C23H24N4OS2. The summed E-state index contributed by atoms with van der Waals surface area (Å²) in [5.74, 6) is 2.41. The number of rotatable bonds is 7. The van der Waals surface area contributed by atoms with Gasteiger partial charge >= 0.3 is 0 Å². The number of hydrogen-bond donors (Lipinski definition) is 0. The quantitative estimate of drug-likeness (QED) is 0.333. The Labute approximate surface area is 185 Å². The van der Waals surface area contributed by atoms with E-state index in [1.54, 1.807) is 23.1 Å². The highest BCUT2D eigenvalue weighted by atomic mass is 32.2. The second-order valence-corrected chi connectivity index (χ2v) is 9.08. The zero-order valence-corrected chi connectivity index (χ0v) is 19.1. The van der Waals surface area contributed by atoms with Gasteiger partial charge in [0.1, 0.15) is 10.8 Å². The van der Waals surface area contributed by atoms with Crippen molar-refractivity contribution in [3.05, 3.63) is 76.6 Å². The molecule has 4 rings (SSSR count). The van der Waals surface area contributed by atoms with Crippen LogP contribution >= 0.6 is 23.1 Å². The van der Waals surface area contributed by atoms with Crippen molar-refractivity contribution >= 4 is 23.1 Å². The standard InChI is InChI=1S/C23H24N4OS2/c1-15-10-16(2)12-20(11-15)28-17(3)21-25-26-23(27(21)4)30-14-19-13-29-22(24-19)18-8-6-5-7-9-18/h5-13,17H,14H2,1-4H3. The Balaban J connectivity index is 1.41. The molecule has 0 bridgehead atoms. The highest BCUT2D eigenvalue weighted by molar-refractivity contribution is 7.98. The van der Waals surface area contributed by atoms with Crippen LogP contribution in [0, 0.1) is 13.8 Å². The lowest BCUT2D eigenvalue weighted by Crippen LogP contribution is -2.10. The van der Waals surface area contributed by atoms with Crippen LogP contribution in [-0.2, 0) is 12.8 Å². The first-order valence-electron chi connectivity index (χ1n) is 9.76. The minimum Gasteiger partial charge on any atom is -0.483 e. The number of thioether (sulfide) groups is 1. The molecular weight excluding hydrogens is 412 g/mol. The molecule has 4 aromatic rings. The van der Waals surface area contributed by atoms with Crippen LogP contribution in [0.15, 0.2) is 59.1 Å². The molecule has 1 unspecified atom stereocenters. The number of ether oxygens (including phenoxy) is 1. The summed E-state index contributed by atoms with van der Waals surface area (Å²) in [6.45, 7) is 6.15. The minimum atomic E-state index is -0.193. The lowest BCUT2D eigenvalue weighted by atomic mass is 10.1. The number of aryl methyl sites for hydroxylation is 2. The van der Waals surface area contributed by atoms with Crippen LogP contribution in [0.2, 0.25) is 0 Å². The molecule has 0 fully saturated rings. The number of benzene rings is 2. The van der Waals surface area contributed by atoms with Crippen LogP contribution in [0.3, 0.4) is 0 Å². The van der Waals surface area contributed by atoms with E-state index < -0.39 is 0 Å². The molecule has 1 atom stereocenters. The van der Waals surface area contributed by atoms with Gasteiger partial charge in [-0.05, 0) is 44.0 Å². The van der Waals surface area contributed by atoms with Crippen LogP contribution in [0.25, 0.3) is 10.6 Å². The maximum atomic E-state index is 6.13. The summed E-state index contributed by atoms with van der Waals surface area (Å²) in [4.78, 5) is 4.75. The molecule has 0 spiro atoms. The van der Waals surface area contributed by atoms with E-state index in [1.165, 1.54) is 11.1 Å². The second kappa shape index (κ2) is 9.02. The molecule has 30 heavy (non-hydrogen) atoms. The van der Waals surface area contributed by atoms with Gasteiger partial charge in [-0.3, -0.25) is 0 Å². The van der Waals surface area contributed by atoms with Crippen molar-refractivity contribution in [1.29, 1.82) is 0 Å². The summed E-state index contributed by atoms with van der Waals surface area (Å²) in [6, 6.07) is 16.5. The number of aromatic nitrogens is 4. The molecule has 2 aromatic heterocycles. The summed E-state index contributed by atoms with van der Waals surface area (Å²) >= 11 is 3.30. The zero-order chi connectivity index (χ0) is 21.1. The number of hydrogen-bond acceptors (Lipinski definition) is 6. The molecule has 5 nitrogen and oxygen atoms in total. The molecule has 0 aliphatic carbocycles. The third-order valence-electron chi connectivity index (χ3n) is 4.66. The largest absolute Gasteiger partial charge is 0.483 e. The minimum absolute atomic E-state index is 0.193. The Morgan fingerprint density at radius 3 is 2.53 bits per heavy atom. The fourth-order valence-electron chi connectivity index (χ4n) is 3.29. The first-order valence-corrected chi connectivity index (χ1v) is 11.6. The van der Waals surface area contributed by atoms with E-state index in [9.17, 15) is 0 Å². The number of nitrogens with zero attached hydrogens (tertiary/aromatic N) is 4. The van der Waals surface area contributed by atoms with E-state index in [0.29, 0.717) is 0 Å². The van der Waals surface area contributed by atoms with Crippen LogP contribution in [0.1, 0.15) is 35.7 Å². The van der Waals surface area contributed by atoms with Gasteiger partial charge in [0.2, 0.25) is 0 Å². The smallest absolute Gasteiger partial charge is 0.191 e. The zero-order valence-electron chi connectivity index (χ0n) is 17.5. The van der Waals surface area contributed by atoms with Gasteiger partial charge in [0.15, 0.2) is 17.1 Å². The van der Waals surface area contributed by atoms with Crippen LogP contribution in [0.5, 0.6) is 5.75 Å². The molecule has 0 N–H and O–H groups in total. The van der Waals surface area contributed by atoms with Gasteiger partial charge in [0.25, 0.3) is 0 Å². The van der Waals surface area contributed by atoms with Gasteiger partial charge in [0, 0.05) is 23.7 Å². The average Bonchev–Trinajstić information content (AvgIpc) is 3.33. The topological polar surface area (TPSA) is 52.8 Å². The molecule has 0 aliphatic heterocycles. The molecule has 0 saturated carbocycles. The Kier molecular flexibility index (Phi) is 6.20. The molecule has 2 heterocycles. The maximum Gasteiger partial charge on any atom is 0.191 e. The van der Waals surface area contributed by atoms with Crippen molar-refractivity contribution in [1.82, 2.24) is 19.7 Å². The monoisotopic (exact) mass is 436 g/mol. The normalized spacial score (nSPS) is 12.1. The van der Waals surface area contributed by atoms with Gasteiger partial charge in [-0.25, -0.2) is 4.98 Å². The van der Waals surface area contributed by atoms with E-state index in [-0.39, 0.29) is 6.10 Å². The Morgan fingerprint density at radius 2 is 1.80 bits per heavy atom. The van der Waals surface area contributed by atoms with Gasteiger partial charge in [-0.1, -0.05) is 48.2 Å². The molecule has 0 amide bonds. The molecule has 2 aromatic carbocycles. The average molecular weight is 437 g/mol. The van der Waals surface area contributed by atoms with E-state index in [4.69, 9.17) is 9.72 Å². The van der Waals surface area contributed by atoms with Crippen LogP contribution < -0.4 is 4.74 Å². The van der Waals surface area contributed by atoms with E-state index in [0.717, 1.165) is 38.7 Å². The molecule has 0 aliphatic rings. The van der Waals surface area contributed by atoms with E-state index in [2.05, 4.69) is 47.6 Å². The molecule has 154 valence electrons. The highest BCUT2D eigenvalue weighted by Crippen LogP contribution is 2.29. The summed E-state index contributed by atoms with van der Waals surface area (Å²) < 4.78 is 8.13. The van der Waals surface area contributed by atoms with Gasteiger partial charge < -0.3 is 9.30 Å². The first kappa shape index (κ1) is 20.6. The third kappa shape index (κ3) is 4.74. The third-order valence-corrected chi connectivity index (χ3v) is 6.66. The first-order chi connectivity index (χ1) is 14.5. The van der Waals surface area contributed by atoms with Crippen LogP contribution in [0.4, 0.5) is 0 Å².